The molecule has 0 N–H and O–H groups in total. The van der Waals surface area contributed by atoms with Crippen molar-refractivity contribution in [1.82, 2.24) is 14.7 Å². The van der Waals surface area contributed by atoms with E-state index in [1.54, 1.807) is 10.9 Å². The highest BCUT2D eigenvalue weighted by molar-refractivity contribution is 5.97. The first kappa shape index (κ1) is 13.3. The maximum absolute atomic E-state index is 12.7. The number of carbonyl (C=O) groups excluding carboxylic acids is 1. The summed E-state index contributed by atoms with van der Waals surface area (Å²) in [5.74, 6) is 0.927. The van der Waals surface area contributed by atoms with Gasteiger partial charge in [-0.15, -0.1) is 0 Å². The van der Waals surface area contributed by atoms with Gasteiger partial charge in [-0.2, -0.15) is 5.10 Å². The lowest BCUT2D eigenvalue weighted by Crippen LogP contribution is -2.40. The van der Waals surface area contributed by atoms with E-state index in [2.05, 4.69) is 10.00 Å². The molecule has 1 aromatic rings. The molecule has 0 aliphatic carbocycles. The third-order valence-electron chi connectivity index (χ3n) is 5.18. The SMILES string of the molecule is Cn1cc(N2C[C@@H]3CN(C4CCOCC4)C[C@@H]3C2=O)cn1. The Hall–Kier alpha value is -1.40. The first-order chi connectivity index (χ1) is 10.2. The number of hydrogen-bond donors (Lipinski definition) is 0. The minimum atomic E-state index is 0.174. The van der Waals surface area contributed by atoms with Gasteiger partial charge < -0.3 is 9.64 Å². The lowest BCUT2D eigenvalue weighted by Gasteiger charge is -2.32. The Morgan fingerprint density at radius 1 is 1.24 bits per heavy atom. The minimum absolute atomic E-state index is 0.174. The standard InChI is InChI=1S/C15H22N4O2/c1-17-9-13(6-16-17)19-8-11-7-18(10-14(11)15(19)20)12-2-4-21-5-3-12/h6,9,11-12,14H,2-5,7-8,10H2,1H3/t11-,14-/m0/s1. The zero-order chi connectivity index (χ0) is 14.4. The summed E-state index contributed by atoms with van der Waals surface area (Å²) in [4.78, 5) is 17.1. The fourth-order valence-electron chi connectivity index (χ4n) is 4.02. The highest BCUT2D eigenvalue weighted by atomic mass is 16.5. The third-order valence-corrected chi connectivity index (χ3v) is 5.18. The van der Waals surface area contributed by atoms with Crippen LogP contribution in [0.25, 0.3) is 0 Å². The van der Waals surface area contributed by atoms with Gasteiger partial charge in [0.2, 0.25) is 5.91 Å². The highest BCUT2D eigenvalue weighted by Gasteiger charge is 2.48. The van der Waals surface area contributed by atoms with E-state index in [1.807, 2.05) is 18.1 Å². The van der Waals surface area contributed by atoms with Gasteiger partial charge in [0, 0.05) is 58.1 Å². The zero-order valence-electron chi connectivity index (χ0n) is 12.4. The number of anilines is 1. The number of aryl methyl sites for hydroxylation is 1. The quantitative estimate of drug-likeness (QED) is 0.795. The van der Waals surface area contributed by atoms with Gasteiger partial charge in [0.05, 0.1) is 17.8 Å². The Morgan fingerprint density at radius 3 is 2.71 bits per heavy atom. The van der Waals surface area contributed by atoms with Crippen LogP contribution < -0.4 is 4.90 Å². The molecule has 1 aromatic heterocycles. The molecule has 114 valence electrons. The van der Waals surface area contributed by atoms with Gasteiger partial charge in [0.15, 0.2) is 0 Å². The molecule has 0 bridgehead atoms. The van der Waals surface area contributed by atoms with E-state index in [1.165, 1.54) is 0 Å². The van der Waals surface area contributed by atoms with Crippen LogP contribution in [0.1, 0.15) is 12.8 Å². The van der Waals surface area contributed by atoms with E-state index in [-0.39, 0.29) is 11.8 Å². The smallest absolute Gasteiger partial charge is 0.231 e. The van der Waals surface area contributed by atoms with E-state index in [4.69, 9.17) is 4.74 Å². The molecular weight excluding hydrogens is 268 g/mol. The maximum Gasteiger partial charge on any atom is 0.231 e. The largest absolute Gasteiger partial charge is 0.381 e. The number of rotatable bonds is 2. The second-order valence-electron chi connectivity index (χ2n) is 6.49. The Bertz CT molecular complexity index is 538. The first-order valence-electron chi connectivity index (χ1n) is 7.84. The Morgan fingerprint density at radius 2 is 2.05 bits per heavy atom. The molecule has 6 heteroatoms. The normalized spacial score (nSPS) is 31.1. The summed E-state index contributed by atoms with van der Waals surface area (Å²) in [5, 5.41) is 4.18. The van der Waals surface area contributed by atoms with E-state index < -0.39 is 0 Å². The number of aromatic nitrogens is 2. The molecule has 0 aromatic carbocycles. The molecule has 21 heavy (non-hydrogen) atoms. The molecule has 3 saturated heterocycles. The van der Waals surface area contributed by atoms with Gasteiger partial charge in [0.1, 0.15) is 0 Å². The number of likely N-dealkylation sites (tertiary alicyclic amines) is 1. The van der Waals surface area contributed by atoms with E-state index in [0.29, 0.717) is 12.0 Å². The number of nitrogens with zero attached hydrogens (tertiary/aromatic N) is 4. The predicted molar refractivity (Wildman–Crippen MR) is 78.0 cm³/mol. The third kappa shape index (κ3) is 2.26. The number of fused-ring (bicyclic) bond motifs is 1. The van der Waals surface area contributed by atoms with Crippen LogP contribution in [0, 0.1) is 11.8 Å². The lowest BCUT2D eigenvalue weighted by molar-refractivity contribution is -0.120. The molecule has 1 amide bonds. The van der Waals surface area contributed by atoms with Gasteiger partial charge in [-0.3, -0.25) is 14.4 Å². The van der Waals surface area contributed by atoms with Gasteiger partial charge in [-0.05, 0) is 12.8 Å². The summed E-state index contributed by atoms with van der Waals surface area (Å²) >= 11 is 0. The van der Waals surface area contributed by atoms with Crippen LogP contribution in [0.15, 0.2) is 12.4 Å². The van der Waals surface area contributed by atoms with Gasteiger partial charge in [-0.25, -0.2) is 0 Å². The molecule has 6 nitrogen and oxygen atoms in total. The van der Waals surface area contributed by atoms with Crippen LogP contribution in [0.4, 0.5) is 5.69 Å². The van der Waals surface area contributed by atoms with Crippen molar-refractivity contribution in [1.29, 1.82) is 0 Å². The van der Waals surface area contributed by atoms with Crippen molar-refractivity contribution in [3.05, 3.63) is 12.4 Å². The summed E-state index contributed by atoms with van der Waals surface area (Å²) in [6.45, 7) is 4.55. The number of ether oxygens (including phenoxy) is 1. The van der Waals surface area contributed by atoms with Crippen LogP contribution in [0.3, 0.4) is 0 Å². The summed E-state index contributed by atoms with van der Waals surface area (Å²) in [7, 11) is 1.89. The Labute approximate surface area is 124 Å². The first-order valence-corrected chi connectivity index (χ1v) is 7.84. The second-order valence-corrected chi connectivity index (χ2v) is 6.49. The Kier molecular flexibility index (Phi) is 3.23. The van der Waals surface area contributed by atoms with Crippen molar-refractivity contribution in [2.24, 2.45) is 18.9 Å². The van der Waals surface area contributed by atoms with Gasteiger partial charge in [-0.1, -0.05) is 0 Å². The molecule has 0 spiro atoms. The monoisotopic (exact) mass is 290 g/mol. The zero-order valence-corrected chi connectivity index (χ0v) is 12.4. The summed E-state index contributed by atoms with van der Waals surface area (Å²) in [6.07, 6.45) is 5.93. The number of hydrogen-bond acceptors (Lipinski definition) is 4. The lowest BCUT2D eigenvalue weighted by atomic mass is 10.0. The van der Waals surface area contributed by atoms with Gasteiger partial charge in [0.25, 0.3) is 0 Å². The van der Waals surface area contributed by atoms with Crippen molar-refractivity contribution in [3.63, 3.8) is 0 Å². The maximum atomic E-state index is 12.7. The average molecular weight is 290 g/mol. The molecule has 2 atom stereocenters. The molecule has 0 unspecified atom stereocenters. The molecule has 3 aliphatic rings. The van der Waals surface area contributed by atoms with Crippen molar-refractivity contribution in [3.8, 4) is 0 Å². The van der Waals surface area contributed by atoms with Gasteiger partial charge >= 0.3 is 0 Å². The summed E-state index contributed by atoms with van der Waals surface area (Å²) in [6, 6.07) is 0.615. The van der Waals surface area contributed by atoms with Crippen molar-refractivity contribution in [2.75, 3.05) is 37.7 Å². The molecule has 3 fully saturated rings. The van der Waals surface area contributed by atoms with Crippen LogP contribution in [0.2, 0.25) is 0 Å². The number of amides is 1. The molecule has 4 rings (SSSR count). The summed E-state index contributed by atoms with van der Waals surface area (Å²) < 4.78 is 7.20. The minimum Gasteiger partial charge on any atom is -0.381 e. The number of carbonyl (C=O) groups is 1. The van der Waals surface area contributed by atoms with Crippen molar-refractivity contribution in [2.45, 2.75) is 18.9 Å². The van der Waals surface area contributed by atoms with Crippen LogP contribution >= 0.6 is 0 Å². The van der Waals surface area contributed by atoms with Crippen LogP contribution in [-0.2, 0) is 16.6 Å². The fraction of sp³-hybridized carbons (Fsp3) is 0.733. The summed E-state index contributed by atoms with van der Waals surface area (Å²) in [5.41, 5.74) is 0.939. The average Bonchev–Trinajstić information content (AvgIpc) is 3.17. The van der Waals surface area contributed by atoms with E-state index >= 15 is 0 Å². The molecule has 4 heterocycles. The highest BCUT2D eigenvalue weighted by Crippen LogP contribution is 2.36. The second kappa shape index (κ2) is 5.10. The molecule has 3 aliphatic heterocycles. The predicted octanol–water partition coefficient (Wildman–Crippen LogP) is 0.494. The van der Waals surface area contributed by atoms with Crippen molar-refractivity contribution >= 4 is 11.6 Å². The molecular formula is C15H22N4O2. The molecule has 0 saturated carbocycles. The van der Waals surface area contributed by atoms with E-state index in [9.17, 15) is 4.79 Å². The Balaban J connectivity index is 1.44. The van der Waals surface area contributed by atoms with Crippen molar-refractivity contribution < 1.29 is 9.53 Å². The fourth-order valence-corrected chi connectivity index (χ4v) is 4.02. The van der Waals surface area contributed by atoms with Crippen LogP contribution in [0.5, 0.6) is 0 Å². The van der Waals surface area contributed by atoms with E-state index in [0.717, 1.165) is 51.4 Å². The molecule has 0 radical (unpaired) electrons. The topological polar surface area (TPSA) is 50.6 Å². The van der Waals surface area contributed by atoms with Crippen LogP contribution in [-0.4, -0.2) is 59.5 Å².